The fraction of sp³-hybridized carbons (Fsp3) is 0.786. The Labute approximate surface area is 203 Å². The molecule has 198 valence electrons. The lowest BCUT2D eigenvalue weighted by molar-refractivity contribution is -0.102. The van der Waals surface area contributed by atoms with Crippen LogP contribution in [0.15, 0.2) is 0 Å². The Hall–Kier alpha value is -1.17. The van der Waals surface area contributed by atoms with Gasteiger partial charge in [-0.15, -0.1) is 0 Å². The molecule has 0 heterocycles. The van der Waals surface area contributed by atoms with Crippen molar-refractivity contribution in [1.82, 2.24) is 0 Å². The molecule has 1 aromatic rings. The molecule has 0 saturated carbocycles. The number of unbranched alkanes of at least 4 members (excludes halogenated alkanes) is 8. The molecule has 0 aliphatic rings. The molecule has 6 heteroatoms. The summed E-state index contributed by atoms with van der Waals surface area (Å²) in [5.74, 6) is -8.89. The quantitative estimate of drug-likeness (QED) is 0.0994. The van der Waals surface area contributed by atoms with E-state index in [0.717, 1.165) is 32.1 Å². The third-order valence-corrected chi connectivity index (χ3v) is 7.44. The molecule has 34 heavy (non-hydrogen) atoms. The Kier molecular flexibility index (Phi) is 13.7. The highest BCUT2D eigenvalue weighted by Gasteiger charge is 2.41. The molecule has 0 aliphatic heterocycles. The van der Waals surface area contributed by atoms with E-state index in [0.29, 0.717) is 12.8 Å². The molecule has 0 spiro atoms. The topological polar surface area (TPSA) is 20.2 Å². The van der Waals surface area contributed by atoms with Crippen LogP contribution in [0.1, 0.15) is 117 Å². The highest BCUT2D eigenvalue weighted by atomic mass is 19.2. The van der Waals surface area contributed by atoms with Crippen LogP contribution in [0.4, 0.5) is 22.0 Å². The zero-order chi connectivity index (χ0) is 25.9. The van der Waals surface area contributed by atoms with Crippen molar-refractivity contribution < 1.29 is 27.1 Å². The molecule has 0 aliphatic carbocycles. The van der Waals surface area contributed by atoms with Gasteiger partial charge in [-0.2, -0.15) is 0 Å². The van der Waals surface area contributed by atoms with Crippen LogP contribution in [0.25, 0.3) is 0 Å². The van der Waals surface area contributed by atoms with Crippen LogP contribution in [0.2, 0.25) is 0 Å². The Balaban J connectivity index is 2.62. The van der Waals surface area contributed by atoms with Gasteiger partial charge in [0.15, 0.2) is 23.3 Å². The zero-order valence-corrected chi connectivity index (χ0v) is 21.8. The van der Waals surface area contributed by atoms with E-state index in [-0.39, 0.29) is 24.2 Å². The fourth-order valence-electron chi connectivity index (χ4n) is 5.30. The first-order valence-corrected chi connectivity index (χ1v) is 13.2. The SMILES string of the molecule is CCCCCCCCC(CCCCCCc1c(F)c(F)c(F)c(F)c1F)C(O)(C(C)C)C(C)C. The van der Waals surface area contributed by atoms with Crippen molar-refractivity contribution in [3.63, 3.8) is 0 Å². The van der Waals surface area contributed by atoms with Crippen molar-refractivity contribution in [2.75, 3.05) is 0 Å². The van der Waals surface area contributed by atoms with Gasteiger partial charge in [0.1, 0.15) is 0 Å². The van der Waals surface area contributed by atoms with Gasteiger partial charge in [0.25, 0.3) is 0 Å². The molecule has 0 fully saturated rings. The fourth-order valence-corrected chi connectivity index (χ4v) is 5.30. The first-order valence-electron chi connectivity index (χ1n) is 13.2. The summed E-state index contributed by atoms with van der Waals surface area (Å²) in [6.45, 7) is 10.5. The van der Waals surface area contributed by atoms with Gasteiger partial charge in [-0.05, 0) is 43.4 Å². The molecule has 0 bridgehead atoms. The number of rotatable bonds is 17. The molecule has 1 aromatic carbocycles. The van der Waals surface area contributed by atoms with Crippen LogP contribution >= 0.6 is 0 Å². The van der Waals surface area contributed by atoms with Crippen LogP contribution < -0.4 is 0 Å². The Bertz CT molecular complexity index is 695. The maximum atomic E-state index is 13.8. The van der Waals surface area contributed by atoms with Crippen LogP contribution in [-0.2, 0) is 6.42 Å². The van der Waals surface area contributed by atoms with Crippen molar-refractivity contribution in [3.8, 4) is 0 Å². The first kappa shape index (κ1) is 30.9. The lowest BCUT2D eigenvalue weighted by Crippen LogP contribution is -2.47. The summed E-state index contributed by atoms with van der Waals surface area (Å²) in [5.41, 5.74) is -1.48. The molecule has 1 N–H and O–H groups in total. The van der Waals surface area contributed by atoms with Crippen molar-refractivity contribution >= 4 is 0 Å². The summed E-state index contributed by atoms with van der Waals surface area (Å²) in [7, 11) is 0. The number of hydrogen-bond acceptors (Lipinski definition) is 1. The molecule has 0 amide bonds. The summed E-state index contributed by atoms with van der Waals surface area (Å²) in [6, 6.07) is 0. The lowest BCUT2D eigenvalue weighted by Gasteiger charge is -2.43. The minimum atomic E-state index is -2.11. The van der Waals surface area contributed by atoms with Crippen LogP contribution in [-0.4, -0.2) is 10.7 Å². The van der Waals surface area contributed by atoms with E-state index >= 15 is 0 Å². The summed E-state index contributed by atoms with van der Waals surface area (Å²) in [6.07, 6.45) is 11.5. The van der Waals surface area contributed by atoms with Crippen LogP contribution in [0, 0.1) is 46.8 Å². The van der Waals surface area contributed by atoms with Crippen molar-refractivity contribution in [1.29, 1.82) is 0 Å². The zero-order valence-electron chi connectivity index (χ0n) is 21.8. The average Bonchev–Trinajstić information content (AvgIpc) is 2.80. The van der Waals surface area contributed by atoms with E-state index in [1.807, 2.05) is 0 Å². The van der Waals surface area contributed by atoms with Crippen molar-refractivity contribution in [2.45, 2.75) is 124 Å². The van der Waals surface area contributed by atoms with E-state index in [1.54, 1.807) is 0 Å². The number of halogens is 5. The maximum absolute atomic E-state index is 13.8. The van der Waals surface area contributed by atoms with Gasteiger partial charge in [-0.3, -0.25) is 0 Å². The average molecular weight is 493 g/mol. The van der Waals surface area contributed by atoms with Gasteiger partial charge in [-0.25, -0.2) is 22.0 Å². The molecule has 1 unspecified atom stereocenters. The minimum absolute atomic E-state index is 0.131. The highest BCUT2D eigenvalue weighted by molar-refractivity contribution is 5.24. The maximum Gasteiger partial charge on any atom is 0.200 e. The normalized spacial score (nSPS) is 13.3. The van der Waals surface area contributed by atoms with E-state index in [1.165, 1.54) is 32.1 Å². The molecule has 0 saturated heterocycles. The Morgan fingerprint density at radius 2 is 0.971 bits per heavy atom. The second-order valence-corrected chi connectivity index (χ2v) is 10.5. The number of benzene rings is 1. The van der Waals surface area contributed by atoms with Crippen molar-refractivity contribution in [2.24, 2.45) is 17.8 Å². The Morgan fingerprint density at radius 1 is 0.588 bits per heavy atom. The second kappa shape index (κ2) is 15.1. The molecule has 1 rings (SSSR count). The smallest absolute Gasteiger partial charge is 0.200 e. The van der Waals surface area contributed by atoms with Gasteiger partial charge < -0.3 is 5.11 Å². The lowest BCUT2D eigenvalue weighted by atomic mass is 9.68. The summed E-state index contributed by atoms with van der Waals surface area (Å²) < 4.78 is 67.6. The molecular weight excluding hydrogens is 447 g/mol. The van der Waals surface area contributed by atoms with Gasteiger partial charge in [-0.1, -0.05) is 92.4 Å². The highest BCUT2D eigenvalue weighted by Crippen LogP contribution is 2.39. The Morgan fingerprint density at radius 3 is 1.41 bits per heavy atom. The monoisotopic (exact) mass is 492 g/mol. The van der Waals surface area contributed by atoms with E-state index in [2.05, 4.69) is 34.6 Å². The largest absolute Gasteiger partial charge is 0.389 e. The summed E-state index contributed by atoms with van der Waals surface area (Å²) in [4.78, 5) is 0. The predicted molar refractivity (Wildman–Crippen MR) is 129 cm³/mol. The third kappa shape index (κ3) is 8.20. The molecular formula is C28H45F5O. The van der Waals surface area contributed by atoms with E-state index in [4.69, 9.17) is 0 Å². The minimum Gasteiger partial charge on any atom is -0.389 e. The van der Waals surface area contributed by atoms with Gasteiger partial charge in [0.05, 0.1) is 5.60 Å². The predicted octanol–water partition coefficient (Wildman–Crippen LogP) is 9.29. The second-order valence-electron chi connectivity index (χ2n) is 10.5. The molecule has 1 atom stereocenters. The molecule has 1 nitrogen and oxygen atoms in total. The summed E-state index contributed by atoms with van der Waals surface area (Å²) in [5, 5.41) is 11.6. The summed E-state index contributed by atoms with van der Waals surface area (Å²) >= 11 is 0. The number of aliphatic hydroxyl groups is 1. The molecule has 0 radical (unpaired) electrons. The standard InChI is InChI=1S/C28H45F5O/c1-6-7-8-9-10-13-16-21(28(34,19(2)3)20(4)5)17-14-11-12-15-18-22-23(29)25(31)27(33)26(32)24(22)30/h19-21,34H,6-18H2,1-5H3. The van der Waals surface area contributed by atoms with E-state index < -0.39 is 40.3 Å². The van der Waals surface area contributed by atoms with Crippen molar-refractivity contribution in [3.05, 3.63) is 34.6 Å². The van der Waals surface area contributed by atoms with Crippen LogP contribution in [0.5, 0.6) is 0 Å². The van der Waals surface area contributed by atoms with Gasteiger partial charge in [0, 0.05) is 5.56 Å². The molecule has 0 aromatic heterocycles. The first-order chi connectivity index (χ1) is 16.0. The number of hydrogen-bond donors (Lipinski definition) is 1. The van der Waals surface area contributed by atoms with E-state index in [9.17, 15) is 27.1 Å². The van der Waals surface area contributed by atoms with Crippen LogP contribution in [0.3, 0.4) is 0 Å². The third-order valence-electron chi connectivity index (χ3n) is 7.44. The van der Waals surface area contributed by atoms with Gasteiger partial charge >= 0.3 is 0 Å². The van der Waals surface area contributed by atoms with Gasteiger partial charge in [0.2, 0.25) is 5.82 Å².